The Morgan fingerprint density at radius 2 is 1.93 bits per heavy atom. The molecule has 2 heterocycles. The summed E-state index contributed by atoms with van der Waals surface area (Å²) in [6.45, 7) is 4.95. The Morgan fingerprint density at radius 3 is 2.60 bits per heavy atom. The van der Waals surface area contributed by atoms with Crippen molar-refractivity contribution in [3.63, 3.8) is 0 Å². The Hall–Kier alpha value is -3.49. The fourth-order valence-corrected chi connectivity index (χ4v) is 3.32. The Balaban J connectivity index is 1.55. The Labute approximate surface area is 174 Å². The molecular formula is C21H24N4O5. The second-order valence-corrected chi connectivity index (χ2v) is 7.23. The van der Waals surface area contributed by atoms with E-state index in [2.05, 4.69) is 10.4 Å². The highest BCUT2D eigenvalue weighted by molar-refractivity contribution is 6.09. The van der Waals surface area contributed by atoms with Crippen LogP contribution in [-0.2, 0) is 32.6 Å². The zero-order valence-corrected chi connectivity index (χ0v) is 17.4. The van der Waals surface area contributed by atoms with Crippen molar-refractivity contribution in [1.82, 2.24) is 14.7 Å². The molecule has 0 unspecified atom stereocenters. The van der Waals surface area contributed by atoms with Gasteiger partial charge in [0.25, 0.3) is 11.8 Å². The molecule has 30 heavy (non-hydrogen) atoms. The number of nitrogens with one attached hydrogen (secondary N) is 1. The zero-order chi connectivity index (χ0) is 22.0. The highest BCUT2D eigenvalue weighted by Crippen LogP contribution is 2.20. The van der Waals surface area contributed by atoms with Gasteiger partial charge in [-0.2, -0.15) is 5.10 Å². The molecule has 158 valence electrons. The summed E-state index contributed by atoms with van der Waals surface area (Å²) in [7, 11) is 1.77. The van der Waals surface area contributed by atoms with Crippen LogP contribution in [0.4, 0.5) is 5.69 Å². The molecule has 3 rings (SSSR count). The number of carbonyl (C=O) groups excluding carboxylic acids is 4. The predicted molar refractivity (Wildman–Crippen MR) is 108 cm³/mol. The minimum Gasteiger partial charge on any atom is -0.452 e. The summed E-state index contributed by atoms with van der Waals surface area (Å²) in [5, 5.41) is 6.94. The largest absolute Gasteiger partial charge is 0.452 e. The van der Waals surface area contributed by atoms with E-state index < -0.39 is 23.9 Å². The predicted octanol–water partition coefficient (Wildman–Crippen LogP) is 1.52. The molecule has 1 N–H and O–H groups in total. The van der Waals surface area contributed by atoms with Gasteiger partial charge < -0.3 is 10.1 Å². The van der Waals surface area contributed by atoms with Gasteiger partial charge in [-0.05, 0) is 32.4 Å². The molecule has 1 aliphatic rings. The molecule has 0 fully saturated rings. The maximum absolute atomic E-state index is 12.5. The number of ether oxygens (including phenoxy) is 1. The van der Waals surface area contributed by atoms with Crippen LogP contribution in [0.2, 0.25) is 0 Å². The number of hydrogen-bond acceptors (Lipinski definition) is 6. The van der Waals surface area contributed by atoms with Crippen LogP contribution >= 0.6 is 0 Å². The maximum Gasteiger partial charge on any atom is 0.308 e. The van der Waals surface area contributed by atoms with E-state index in [1.165, 1.54) is 6.92 Å². The minimum absolute atomic E-state index is 0.0972. The summed E-state index contributed by atoms with van der Waals surface area (Å²) in [5.41, 5.74) is 3.15. The van der Waals surface area contributed by atoms with E-state index in [0.29, 0.717) is 22.5 Å². The van der Waals surface area contributed by atoms with Crippen LogP contribution in [-0.4, -0.2) is 51.0 Å². The lowest BCUT2D eigenvalue weighted by Crippen LogP contribution is -2.43. The SMILES string of the molecule is Cc1nn(C)c(C)c1NC(=O)[C@H](C)OC(=O)CCN1C(=O)Cc2ccccc2C1=O. The number of hydrogen-bond donors (Lipinski definition) is 1. The van der Waals surface area contributed by atoms with E-state index in [1.54, 1.807) is 42.9 Å². The van der Waals surface area contributed by atoms with Gasteiger partial charge in [-0.15, -0.1) is 0 Å². The number of imide groups is 1. The molecule has 1 aromatic carbocycles. The summed E-state index contributed by atoms with van der Waals surface area (Å²) in [4.78, 5) is 50.4. The van der Waals surface area contributed by atoms with E-state index in [9.17, 15) is 19.2 Å². The third kappa shape index (κ3) is 4.24. The minimum atomic E-state index is -1.04. The van der Waals surface area contributed by atoms with Crippen LogP contribution in [0, 0.1) is 13.8 Å². The lowest BCUT2D eigenvalue weighted by molar-refractivity contribution is -0.153. The molecule has 3 amide bonds. The van der Waals surface area contributed by atoms with Crippen LogP contribution < -0.4 is 5.32 Å². The Bertz CT molecular complexity index is 1030. The van der Waals surface area contributed by atoms with Gasteiger partial charge in [0.15, 0.2) is 6.10 Å². The van der Waals surface area contributed by atoms with Crippen molar-refractivity contribution >= 4 is 29.4 Å². The van der Waals surface area contributed by atoms with Crippen molar-refractivity contribution in [1.29, 1.82) is 0 Å². The number of carbonyl (C=O) groups is 4. The van der Waals surface area contributed by atoms with Gasteiger partial charge in [0.05, 0.1) is 29.9 Å². The summed E-state index contributed by atoms with van der Waals surface area (Å²) in [5.74, 6) is -1.94. The van der Waals surface area contributed by atoms with Crippen molar-refractivity contribution in [3.05, 3.63) is 46.8 Å². The molecule has 1 aliphatic heterocycles. The summed E-state index contributed by atoms with van der Waals surface area (Å²) < 4.78 is 6.82. The number of aryl methyl sites for hydroxylation is 2. The first-order valence-corrected chi connectivity index (χ1v) is 9.62. The fourth-order valence-electron chi connectivity index (χ4n) is 3.32. The van der Waals surface area contributed by atoms with E-state index in [-0.39, 0.29) is 25.3 Å². The number of esters is 1. The van der Waals surface area contributed by atoms with E-state index in [4.69, 9.17) is 4.74 Å². The number of aromatic nitrogens is 2. The number of nitrogens with zero attached hydrogens (tertiary/aromatic N) is 3. The molecule has 0 radical (unpaired) electrons. The average Bonchev–Trinajstić information content (AvgIpc) is 2.93. The molecule has 2 aromatic rings. The first-order valence-electron chi connectivity index (χ1n) is 9.62. The van der Waals surface area contributed by atoms with E-state index >= 15 is 0 Å². The molecular weight excluding hydrogens is 388 g/mol. The monoisotopic (exact) mass is 412 g/mol. The number of anilines is 1. The Morgan fingerprint density at radius 1 is 1.23 bits per heavy atom. The summed E-state index contributed by atoms with van der Waals surface area (Å²) in [6.07, 6.45) is -1.12. The van der Waals surface area contributed by atoms with Crippen LogP contribution in [0.1, 0.15) is 40.7 Å². The van der Waals surface area contributed by atoms with Crippen molar-refractivity contribution in [2.75, 3.05) is 11.9 Å². The first kappa shape index (κ1) is 21.2. The number of benzene rings is 1. The van der Waals surface area contributed by atoms with E-state index in [1.807, 2.05) is 6.92 Å². The topological polar surface area (TPSA) is 111 Å². The van der Waals surface area contributed by atoms with Gasteiger partial charge in [-0.1, -0.05) is 18.2 Å². The van der Waals surface area contributed by atoms with Crippen LogP contribution in [0.15, 0.2) is 24.3 Å². The van der Waals surface area contributed by atoms with Crippen LogP contribution in [0.25, 0.3) is 0 Å². The lowest BCUT2D eigenvalue weighted by Gasteiger charge is -2.26. The molecule has 1 aromatic heterocycles. The molecule has 0 aliphatic carbocycles. The highest BCUT2D eigenvalue weighted by atomic mass is 16.5. The third-order valence-electron chi connectivity index (χ3n) is 5.11. The molecule has 0 saturated heterocycles. The number of amides is 3. The van der Waals surface area contributed by atoms with Crippen molar-refractivity contribution in [2.24, 2.45) is 7.05 Å². The second-order valence-electron chi connectivity index (χ2n) is 7.23. The van der Waals surface area contributed by atoms with Crippen molar-refractivity contribution < 1.29 is 23.9 Å². The van der Waals surface area contributed by atoms with Gasteiger partial charge in [0, 0.05) is 19.2 Å². The summed E-state index contributed by atoms with van der Waals surface area (Å²) >= 11 is 0. The standard InChI is InChI=1S/C21H24N4O5/c1-12-19(13(2)24(4)23-12)22-20(28)14(3)30-18(27)9-10-25-17(26)11-15-7-5-6-8-16(15)21(25)29/h5-8,14H,9-11H2,1-4H3,(H,22,28)/t14-/m0/s1. The first-order chi connectivity index (χ1) is 14.2. The molecule has 0 bridgehead atoms. The second kappa shape index (κ2) is 8.48. The Kier molecular flexibility index (Phi) is 6.00. The normalized spacial score (nSPS) is 14.3. The third-order valence-corrected chi connectivity index (χ3v) is 5.11. The van der Waals surface area contributed by atoms with Crippen LogP contribution in [0.3, 0.4) is 0 Å². The van der Waals surface area contributed by atoms with Gasteiger partial charge >= 0.3 is 5.97 Å². The fraction of sp³-hybridized carbons (Fsp3) is 0.381. The molecule has 0 saturated carbocycles. The van der Waals surface area contributed by atoms with Crippen LogP contribution in [0.5, 0.6) is 0 Å². The lowest BCUT2D eigenvalue weighted by atomic mass is 9.98. The van der Waals surface area contributed by atoms with E-state index in [0.717, 1.165) is 10.6 Å². The van der Waals surface area contributed by atoms with Gasteiger partial charge in [0.2, 0.25) is 5.91 Å². The maximum atomic E-state index is 12.5. The average molecular weight is 412 g/mol. The van der Waals surface area contributed by atoms with Gasteiger partial charge in [-0.25, -0.2) is 0 Å². The quantitative estimate of drug-likeness (QED) is 0.569. The molecule has 9 nitrogen and oxygen atoms in total. The summed E-state index contributed by atoms with van der Waals surface area (Å²) in [6, 6.07) is 6.89. The molecule has 9 heteroatoms. The zero-order valence-electron chi connectivity index (χ0n) is 17.4. The highest BCUT2D eigenvalue weighted by Gasteiger charge is 2.31. The molecule has 1 atom stereocenters. The molecule has 0 spiro atoms. The van der Waals surface area contributed by atoms with Gasteiger partial charge in [0.1, 0.15) is 0 Å². The van der Waals surface area contributed by atoms with Crippen molar-refractivity contribution in [3.8, 4) is 0 Å². The van der Waals surface area contributed by atoms with Gasteiger partial charge in [-0.3, -0.25) is 28.8 Å². The van der Waals surface area contributed by atoms with Crippen molar-refractivity contribution in [2.45, 2.75) is 39.7 Å². The number of fused-ring (bicyclic) bond motifs is 1. The number of rotatable bonds is 6. The smallest absolute Gasteiger partial charge is 0.308 e.